The van der Waals surface area contributed by atoms with Gasteiger partial charge in [-0.2, -0.15) is 5.26 Å². The quantitative estimate of drug-likeness (QED) is 0.564. The first-order valence-electron chi connectivity index (χ1n) is 9.06. The number of hydrogen-bond donors (Lipinski definition) is 2. The molecule has 0 amide bonds. The van der Waals surface area contributed by atoms with Crippen LogP contribution in [0.2, 0.25) is 0 Å². The molecule has 9 heteroatoms. The molecular weight excluding hydrogens is 360 g/mol. The van der Waals surface area contributed by atoms with Crippen LogP contribution in [0.4, 0.5) is 5.13 Å². The summed E-state index contributed by atoms with van der Waals surface area (Å²) in [5, 5.41) is 22.2. The molecule has 0 aromatic carbocycles. The molecule has 0 radical (unpaired) electrons. The van der Waals surface area contributed by atoms with Gasteiger partial charge in [0.15, 0.2) is 16.4 Å². The van der Waals surface area contributed by atoms with Crippen LogP contribution in [-0.4, -0.2) is 35.6 Å². The standard InChI is InChI=1S/C18H18N8S/c1-2-10-5-11(23-18-22-8-12(7-19)27-18)6-13(10)17-25-24-15-9-21-16-14(26(15)17)3-4-20-16/h3-4,8-11,13,20H,2,5-6H2,1H3,(H,22,23)/t10-,11+,13+/m1/s1. The van der Waals surface area contributed by atoms with Crippen LogP contribution < -0.4 is 5.32 Å². The summed E-state index contributed by atoms with van der Waals surface area (Å²) in [7, 11) is 0. The third-order valence-electron chi connectivity index (χ3n) is 5.46. The SMILES string of the molecule is CC[C@@H]1C[C@H](Nc2ncc(C#N)s2)C[C@@H]1c1nnc2cnc3[nH]ccc3n12. The minimum Gasteiger partial charge on any atom is -0.359 e. The second kappa shape index (κ2) is 6.32. The molecule has 0 aliphatic heterocycles. The Kier molecular flexibility index (Phi) is 3.79. The first-order chi connectivity index (χ1) is 13.3. The molecule has 4 aromatic rings. The lowest BCUT2D eigenvalue weighted by Gasteiger charge is -2.15. The zero-order chi connectivity index (χ0) is 18.4. The second-order valence-electron chi connectivity index (χ2n) is 6.95. The van der Waals surface area contributed by atoms with Gasteiger partial charge in [0.25, 0.3) is 0 Å². The summed E-state index contributed by atoms with van der Waals surface area (Å²) in [5.74, 6) is 1.84. The average molecular weight is 378 g/mol. The molecule has 3 atom stereocenters. The van der Waals surface area contributed by atoms with Crippen LogP contribution in [0.5, 0.6) is 0 Å². The van der Waals surface area contributed by atoms with Crippen LogP contribution in [0.3, 0.4) is 0 Å². The van der Waals surface area contributed by atoms with E-state index in [0.717, 1.165) is 47.0 Å². The highest BCUT2D eigenvalue weighted by Crippen LogP contribution is 2.42. The van der Waals surface area contributed by atoms with Crippen LogP contribution >= 0.6 is 11.3 Å². The molecule has 1 fully saturated rings. The number of aromatic nitrogens is 6. The number of anilines is 1. The van der Waals surface area contributed by atoms with Crippen molar-refractivity contribution in [2.45, 2.75) is 38.1 Å². The number of nitrogens with zero attached hydrogens (tertiary/aromatic N) is 6. The number of thiazole rings is 1. The first kappa shape index (κ1) is 16.2. The number of rotatable bonds is 4. The maximum absolute atomic E-state index is 9.00. The summed E-state index contributed by atoms with van der Waals surface area (Å²) in [6.45, 7) is 2.23. The van der Waals surface area contributed by atoms with Crippen molar-refractivity contribution in [2.24, 2.45) is 5.92 Å². The van der Waals surface area contributed by atoms with Crippen molar-refractivity contribution in [3.63, 3.8) is 0 Å². The maximum Gasteiger partial charge on any atom is 0.184 e. The van der Waals surface area contributed by atoms with Crippen LogP contribution in [0.1, 0.15) is 42.8 Å². The van der Waals surface area contributed by atoms with Gasteiger partial charge >= 0.3 is 0 Å². The number of aromatic amines is 1. The Labute approximate surface area is 159 Å². The monoisotopic (exact) mass is 378 g/mol. The van der Waals surface area contributed by atoms with Gasteiger partial charge in [0.1, 0.15) is 16.8 Å². The van der Waals surface area contributed by atoms with Gasteiger partial charge < -0.3 is 10.3 Å². The van der Waals surface area contributed by atoms with E-state index in [4.69, 9.17) is 5.26 Å². The van der Waals surface area contributed by atoms with Gasteiger partial charge in [0.2, 0.25) is 0 Å². The van der Waals surface area contributed by atoms with E-state index >= 15 is 0 Å². The van der Waals surface area contributed by atoms with Crippen molar-refractivity contribution in [1.82, 2.24) is 29.5 Å². The average Bonchev–Trinajstić information content (AvgIpc) is 3.45. The predicted octanol–water partition coefficient (Wildman–Crippen LogP) is 3.32. The van der Waals surface area contributed by atoms with E-state index in [1.54, 1.807) is 12.4 Å². The molecule has 1 aliphatic carbocycles. The molecule has 2 N–H and O–H groups in total. The van der Waals surface area contributed by atoms with Crippen LogP contribution in [0.15, 0.2) is 24.7 Å². The minimum atomic E-state index is 0.313. The molecule has 0 bridgehead atoms. The molecule has 136 valence electrons. The van der Waals surface area contributed by atoms with Crippen molar-refractivity contribution in [3.05, 3.63) is 35.4 Å². The number of nitriles is 1. The van der Waals surface area contributed by atoms with E-state index < -0.39 is 0 Å². The second-order valence-corrected chi connectivity index (χ2v) is 7.98. The number of hydrogen-bond acceptors (Lipinski definition) is 7. The summed E-state index contributed by atoms with van der Waals surface area (Å²) >= 11 is 1.40. The summed E-state index contributed by atoms with van der Waals surface area (Å²) in [4.78, 5) is 12.5. The third-order valence-corrected chi connectivity index (χ3v) is 6.29. The zero-order valence-corrected chi connectivity index (χ0v) is 15.6. The predicted molar refractivity (Wildman–Crippen MR) is 103 cm³/mol. The Morgan fingerprint density at radius 3 is 3.07 bits per heavy atom. The molecule has 4 aromatic heterocycles. The smallest absolute Gasteiger partial charge is 0.184 e. The summed E-state index contributed by atoms with van der Waals surface area (Å²) in [6, 6.07) is 4.48. The van der Waals surface area contributed by atoms with E-state index in [9.17, 15) is 0 Å². The Hall–Kier alpha value is -2.99. The van der Waals surface area contributed by atoms with Crippen LogP contribution in [-0.2, 0) is 0 Å². The molecule has 4 heterocycles. The molecule has 1 aliphatic rings. The van der Waals surface area contributed by atoms with Crippen molar-refractivity contribution < 1.29 is 0 Å². The number of fused-ring (bicyclic) bond motifs is 3. The molecule has 0 saturated heterocycles. The third kappa shape index (κ3) is 2.64. The Morgan fingerprint density at radius 1 is 1.33 bits per heavy atom. The van der Waals surface area contributed by atoms with Gasteiger partial charge in [-0.25, -0.2) is 9.97 Å². The fourth-order valence-corrected chi connectivity index (χ4v) is 4.91. The highest BCUT2D eigenvalue weighted by Gasteiger charge is 2.37. The van der Waals surface area contributed by atoms with Crippen molar-refractivity contribution >= 4 is 33.3 Å². The molecule has 27 heavy (non-hydrogen) atoms. The van der Waals surface area contributed by atoms with Gasteiger partial charge in [-0.15, -0.1) is 10.2 Å². The fraction of sp³-hybridized carbons (Fsp3) is 0.389. The lowest BCUT2D eigenvalue weighted by Crippen LogP contribution is -2.15. The topological polar surface area (TPSA) is 108 Å². The van der Waals surface area contributed by atoms with E-state index in [0.29, 0.717) is 22.8 Å². The van der Waals surface area contributed by atoms with Gasteiger partial charge in [0.05, 0.1) is 17.9 Å². The van der Waals surface area contributed by atoms with Crippen LogP contribution in [0.25, 0.3) is 16.8 Å². The Balaban J connectivity index is 1.48. The molecule has 5 rings (SSSR count). The zero-order valence-electron chi connectivity index (χ0n) is 14.8. The van der Waals surface area contributed by atoms with Crippen LogP contribution in [0, 0.1) is 17.2 Å². The van der Waals surface area contributed by atoms with Gasteiger partial charge in [0, 0.05) is 18.2 Å². The van der Waals surface area contributed by atoms with E-state index in [2.05, 4.69) is 47.9 Å². The lowest BCUT2D eigenvalue weighted by molar-refractivity contribution is 0.451. The molecule has 0 spiro atoms. The normalized spacial score (nSPS) is 22.4. The van der Waals surface area contributed by atoms with Crippen molar-refractivity contribution in [3.8, 4) is 6.07 Å². The van der Waals surface area contributed by atoms with Gasteiger partial charge in [-0.3, -0.25) is 4.40 Å². The summed E-state index contributed by atoms with van der Waals surface area (Å²) in [5.41, 5.74) is 2.63. The van der Waals surface area contributed by atoms with Crippen molar-refractivity contribution in [1.29, 1.82) is 5.26 Å². The lowest BCUT2D eigenvalue weighted by atomic mass is 9.93. The molecular formula is C18H18N8S. The molecule has 1 saturated carbocycles. The minimum absolute atomic E-state index is 0.313. The van der Waals surface area contributed by atoms with Crippen molar-refractivity contribution in [2.75, 3.05) is 5.32 Å². The summed E-state index contributed by atoms with van der Waals surface area (Å²) < 4.78 is 2.13. The van der Waals surface area contributed by atoms with E-state index in [1.807, 2.05) is 12.3 Å². The largest absolute Gasteiger partial charge is 0.359 e. The number of nitrogens with one attached hydrogen (secondary N) is 2. The highest BCUT2D eigenvalue weighted by molar-refractivity contribution is 7.16. The number of H-pyrrole nitrogens is 1. The highest BCUT2D eigenvalue weighted by atomic mass is 32.1. The first-order valence-corrected chi connectivity index (χ1v) is 9.88. The Bertz CT molecular complexity index is 1150. The molecule has 8 nitrogen and oxygen atoms in total. The van der Waals surface area contributed by atoms with E-state index in [1.165, 1.54) is 11.3 Å². The maximum atomic E-state index is 9.00. The Morgan fingerprint density at radius 2 is 2.26 bits per heavy atom. The van der Waals surface area contributed by atoms with Gasteiger partial charge in [-0.05, 0) is 24.8 Å². The summed E-state index contributed by atoms with van der Waals surface area (Å²) in [6.07, 6.45) is 8.39. The van der Waals surface area contributed by atoms with Gasteiger partial charge in [-0.1, -0.05) is 24.7 Å². The van der Waals surface area contributed by atoms with E-state index in [-0.39, 0.29) is 0 Å². The molecule has 0 unspecified atom stereocenters. The fourth-order valence-electron chi connectivity index (χ4n) is 4.22.